The van der Waals surface area contributed by atoms with Gasteiger partial charge in [-0.25, -0.2) is 9.97 Å². The zero-order valence-electron chi connectivity index (χ0n) is 17.8. The van der Waals surface area contributed by atoms with E-state index in [1.54, 1.807) is 12.1 Å². The first-order valence-electron chi connectivity index (χ1n) is 10.6. The Kier molecular flexibility index (Phi) is 5.72. The van der Waals surface area contributed by atoms with Crippen LogP contribution in [0.2, 0.25) is 0 Å². The van der Waals surface area contributed by atoms with E-state index in [1.807, 2.05) is 26.1 Å². The van der Waals surface area contributed by atoms with Crippen molar-refractivity contribution in [3.8, 4) is 11.4 Å². The molecule has 0 saturated carbocycles. The maximum atomic E-state index is 11.6. The van der Waals surface area contributed by atoms with Crippen LogP contribution in [-0.2, 0) is 11.3 Å². The van der Waals surface area contributed by atoms with Gasteiger partial charge in [-0.05, 0) is 63.9 Å². The number of hydrogen-bond acceptors (Lipinski definition) is 5. The van der Waals surface area contributed by atoms with Gasteiger partial charge in [-0.1, -0.05) is 0 Å². The van der Waals surface area contributed by atoms with Gasteiger partial charge in [0.05, 0.1) is 23.7 Å². The van der Waals surface area contributed by atoms with Crippen molar-refractivity contribution in [3.63, 3.8) is 0 Å². The van der Waals surface area contributed by atoms with Gasteiger partial charge in [0.1, 0.15) is 11.6 Å². The first-order chi connectivity index (χ1) is 14.4. The van der Waals surface area contributed by atoms with Crippen molar-refractivity contribution in [1.82, 2.24) is 14.5 Å². The van der Waals surface area contributed by atoms with Gasteiger partial charge in [-0.2, -0.15) is 0 Å². The van der Waals surface area contributed by atoms with Crippen LogP contribution < -0.4 is 10.6 Å². The molecule has 30 heavy (non-hydrogen) atoms. The second-order valence-electron chi connectivity index (χ2n) is 8.16. The highest BCUT2D eigenvalue weighted by atomic mass is 16.5. The summed E-state index contributed by atoms with van der Waals surface area (Å²) in [6.07, 6.45) is 4.46. The molecule has 3 aromatic rings. The van der Waals surface area contributed by atoms with Crippen LogP contribution in [0.15, 0.2) is 36.5 Å². The molecule has 158 valence electrons. The van der Waals surface area contributed by atoms with Crippen LogP contribution in [-0.4, -0.2) is 45.7 Å². The van der Waals surface area contributed by atoms with Gasteiger partial charge >= 0.3 is 0 Å². The van der Waals surface area contributed by atoms with Crippen LogP contribution in [0.1, 0.15) is 44.0 Å². The van der Waals surface area contributed by atoms with E-state index in [-0.39, 0.29) is 6.10 Å². The van der Waals surface area contributed by atoms with E-state index in [4.69, 9.17) is 20.4 Å². The third kappa shape index (κ3) is 4.03. The lowest BCUT2D eigenvalue weighted by Gasteiger charge is -2.22. The molecule has 1 saturated heterocycles. The van der Waals surface area contributed by atoms with Gasteiger partial charge in [0, 0.05) is 36.5 Å². The van der Waals surface area contributed by atoms with Gasteiger partial charge in [-0.15, -0.1) is 0 Å². The van der Waals surface area contributed by atoms with E-state index < -0.39 is 5.91 Å². The van der Waals surface area contributed by atoms with Crippen molar-refractivity contribution < 1.29 is 9.53 Å². The number of aromatic nitrogens is 3. The molecule has 4 rings (SSSR count). The van der Waals surface area contributed by atoms with Crippen LogP contribution in [0, 0.1) is 0 Å². The number of ether oxygens (including phenoxy) is 1. The molecule has 1 aliphatic heterocycles. The standard InChI is InChI=1S/C23H29N5O2/c1-15(2)30-12-11-28-20-8-6-17(22(24)29)13-19(20)26-23(28)18-7-9-21(25-14-18)27-10-4-5-16(27)3/h6-9,13-16H,4-5,10-12H2,1-3H3,(H2,24,29). The summed E-state index contributed by atoms with van der Waals surface area (Å²) in [5, 5.41) is 0. The molecule has 1 fully saturated rings. The Balaban J connectivity index is 1.71. The van der Waals surface area contributed by atoms with Crippen molar-refractivity contribution in [2.75, 3.05) is 18.1 Å². The fraction of sp³-hybridized carbons (Fsp3) is 0.435. The topological polar surface area (TPSA) is 86.3 Å². The number of anilines is 1. The first-order valence-corrected chi connectivity index (χ1v) is 10.6. The van der Waals surface area contributed by atoms with Crippen LogP contribution >= 0.6 is 0 Å². The molecule has 1 aromatic carbocycles. The van der Waals surface area contributed by atoms with Gasteiger partial charge in [-0.3, -0.25) is 4.79 Å². The molecule has 7 nitrogen and oxygen atoms in total. The van der Waals surface area contributed by atoms with Crippen LogP contribution in [0.25, 0.3) is 22.4 Å². The lowest BCUT2D eigenvalue weighted by Crippen LogP contribution is -2.26. The Morgan fingerprint density at radius 2 is 2.13 bits per heavy atom. The molecule has 0 radical (unpaired) electrons. The van der Waals surface area contributed by atoms with Gasteiger partial charge in [0.25, 0.3) is 0 Å². The fourth-order valence-corrected chi connectivity index (χ4v) is 4.07. The van der Waals surface area contributed by atoms with Gasteiger partial charge in [0.2, 0.25) is 5.91 Å². The highest BCUT2D eigenvalue weighted by Gasteiger charge is 2.22. The van der Waals surface area contributed by atoms with E-state index in [9.17, 15) is 4.79 Å². The van der Waals surface area contributed by atoms with Crippen molar-refractivity contribution >= 4 is 22.8 Å². The molecule has 3 heterocycles. The highest BCUT2D eigenvalue weighted by Crippen LogP contribution is 2.28. The van der Waals surface area contributed by atoms with Crippen LogP contribution in [0.3, 0.4) is 0 Å². The molecular weight excluding hydrogens is 378 g/mol. The molecule has 1 amide bonds. The van der Waals surface area contributed by atoms with Crippen molar-refractivity contribution in [2.24, 2.45) is 5.73 Å². The van der Waals surface area contributed by atoms with Gasteiger partial charge in [0.15, 0.2) is 0 Å². The van der Waals surface area contributed by atoms with Crippen LogP contribution in [0.5, 0.6) is 0 Å². The number of amides is 1. The number of primary amides is 1. The predicted octanol–water partition coefficient (Wildman–Crippen LogP) is 3.61. The molecule has 2 N–H and O–H groups in total. The lowest BCUT2D eigenvalue weighted by atomic mass is 10.2. The number of nitrogens with two attached hydrogens (primary N) is 1. The second-order valence-corrected chi connectivity index (χ2v) is 8.16. The number of carbonyl (C=O) groups is 1. The molecule has 1 unspecified atom stereocenters. The smallest absolute Gasteiger partial charge is 0.248 e. The summed E-state index contributed by atoms with van der Waals surface area (Å²) >= 11 is 0. The average molecular weight is 408 g/mol. The van der Waals surface area contributed by atoms with E-state index in [0.29, 0.717) is 24.8 Å². The molecule has 0 bridgehead atoms. The summed E-state index contributed by atoms with van der Waals surface area (Å²) in [6.45, 7) is 8.57. The molecule has 2 aromatic heterocycles. The molecular formula is C23H29N5O2. The van der Waals surface area contributed by atoms with Crippen molar-refractivity contribution in [1.29, 1.82) is 0 Å². The zero-order valence-corrected chi connectivity index (χ0v) is 17.8. The Hall–Kier alpha value is -2.93. The number of pyridine rings is 1. The minimum absolute atomic E-state index is 0.160. The summed E-state index contributed by atoms with van der Waals surface area (Å²) in [6, 6.07) is 10.0. The largest absolute Gasteiger partial charge is 0.377 e. The van der Waals surface area contributed by atoms with E-state index in [2.05, 4.69) is 28.5 Å². The Morgan fingerprint density at radius 3 is 2.77 bits per heavy atom. The maximum absolute atomic E-state index is 11.6. The summed E-state index contributed by atoms with van der Waals surface area (Å²) in [5.74, 6) is 1.36. The minimum atomic E-state index is -0.457. The number of rotatable bonds is 7. The number of fused-ring (bicyclic) bond motifs is 1. The SMILES string of the molecule is CC(C)OCCn1c(-c2ccc(N3CCCC3C)nc2)nc2cc(C(N)=O)ccc21. The summed E-state index contributed by atoms with van der Waals surface area (Å²) < 4.78 is 7.89. The maximum Gasteiger partial charge on any atom is 0.248 e. The van der Waals surface area contributed by atoms with Crippen molar-refractivity contribution in [2.45, 2.75) is 52.3 Å². The van der Waals surface area contributed by atoms with E-state index >= 15 is 0 Å². The molecule has 0 spiro atoms. The third-order valence-electron chi connectivity index (χ3n) is 5.65. The number of nitrogens with zero attached hydrogens (tertiary/aromatic N) is 4. The third-order valence-corrected chi connectivity index (χ3v) is 5.65. The Labute approximate surface area is 176 Å². The predicted molar refractivity (Wildman–Crippen MR) is 119 cm³/mol. The zero-order chi connectivity index (χ0) is 21.3. The number of benzene rings is 1. The molecule has 1 aliphatic rings. The summed E-state index contributed by atoms with van der Waals surface area (Å²) in [4.78, 5) is 23.5. The molecule has 1 atom stereocenters. The Morgan fingerprint density at radius 1 is 1.30 bits per heavy atom. The van der Waals surface area contributed by atoms with E-state index in [0.717, 1.165) is 34.8 Å². The first kappa shape index (κ1) is 20.3. The van der Waals surface area contributed by atoms with Gasteiger partial charge < -0.3 is 19.9 Å². The lowest BCUT2D eigenvalue weighted by molar-refractivity contribution is 0.0735. The monoisotopic (exact) mass is 407 g/mol. The van der Waals surface area contributed by atoms with E-state index in [1.165, 1.54) is 12.8 Å². The number of hydrogen-bond donors (Lipinski definition) is 1. The normalized spacial score (nSPS) is 16.7. The number of carbonyl (C=O) groups excluding carboxylic acids is 1. The quantitative estimate of drug-likeness (QED) is 0.647. The summed E-state index contributed by atoms with van der Waals surface area (Å²) in [7, 11) is 0. The second kappa shape index (κ2) is 8.44. The highest BCUT2D eigenvalue weighted by molar-refractivity contribution is 5.96. The molecule has 7 heteroatoms. The Bertz CT molecular complexity index is 1040. The fourth-order valence-electron chi connectivity index (χ4n) is 4.07. The minimum Gasteiger partial charge on any atom is -0.377 e. The number of imidazole rings is 1. The summed E-state index contributed by atoms with van der Waals surface area (Å²) in [5.41, 5.74) is 8.53. The average Bonchev–Trinajstić information content (AvgIpc) is 3.31. The van der Waals surface area contributed by atoms with Crippen molar-refractivity contribution in [3.05, 3.63) is 42.1 Å². The van der Waals surface area contributed by atoms with Crippen LogP contribution in [0.4, 0.5) is 5.82 Å². The molecule has 0 aliphatic carbocycles.